The summed E-state index contributed by atoms with van der Waals surface area (Å²) in [5.74, 6) is -0.242. The lowest BCUT2D eigenvalue weighted by Crippen LogP contribution is -2.32. The van der Waals surface area contributed by atoms with E-state index < -0.39 is 5.60 Å². The SMILES string of the molecule is CSc1ccccc1[C@@](C)(O)[C@H](c1ccccc1)c1ccccn1. The van der Waals surface area contributed by atoms with Crippen molar-refractivity contribution in [2.45, 2.75) is 23.3 Å². The molecule has 0 radical (unpaired) electrons. The van der Waals surface area contributed by atoms with Crippen molar-refractivity contribution in [2.75, 3.05) is 6.26 Å². The number of rotatable bonds is 5. The molecule has 2 atom stereocenters. The summed E-state index contributed by atoms with van der Waals surface area (Å²) in [5, 5.41) is 11.6. The van der Waals surface area contributed by atoms with E-state index in [1.807, 2.05) is 67.8 Å². The molecule has 0 aliphatic heterocycles. The number of hydrogen-bond donors (Lipinski definition) is 1. The topological polar surface area (TPSA) is 33.1 Å². The molecule has 1 heterocycles. The van der Waals surface area contributed by atoms with Crippen LogP contribution in [0.1, 0.15) is 29.7 Å². The molecule has 3 aromatic rings. The Bertz CT molecular complexity index is 748. The van der Waals surface area contributed by atoms with Crippen LogP contribution in [0.3, 0.4) is 0 Å². The molecule has 0 amide bonds. The Labute approximate surface area is 147 Å². The van der Waals surface area contributed by atoms with Crippen LogP contribution < -0.4 is 0 Å². The van der Waals surface area contributed by atoms with Gasteiger partial charge in [-0.05, 0) is 42.5 Å². The van der Waals surface area contributed by atoms with Crippen molar-refractivity contribution in [3.05, 3.63) is 95.8 Å². The van der Waals surface area contributed by atoms with E-state index in [0.29, 0.717) is 0 Å². The van der Waals surface area contributed by atoms with Crippen LogP contribution in [0.25, 0.3) is 0 Å². The van der Waals surface area contributed by atoms with E-state index in [4.69, 9.17) is 0 Å². The van der Waals surface area contributed by atoms with Crippen LogP contribution >= 0.6 is 11.8 Å². The molecule has 0 aliphatic rings. The maximum Gasteiger partial charge on any atom is 0.100 e. The van der Waals surface area contributed by atoms with Crippen LogP contribution in [-0.2, 0) is 5.60 Å². The summed E-state index contributed by atoms with van der Waals surface area (Å²) in [6, 6.07) is 24.0. The van der Waals surface area contributed by atoms with E-state index in [1.165, 1.54) is 0 Å². The quantitative estimate of drug-likeness (QED) is 0.677. The van der Waals surface area contributed by atoms with Gasteiger partial charge in [0.25, 0.3) is 0 Å². The lowest BCUT2D eigenvalue weighted by Gasteiger charge is -2.34. The Morgan fingerprint density at radius 3 is 2.25 bits per heavy atom. The maximum absolute atomic E-state index is 11.6. The average Bonchev–Trinajstić information content (AvgIpc) is 2.63. The summed E-state index contributed by atoms with van der Waals surface area (Å²) in [6.07, 6.45) is 3.81. The van der Waals surface area contributed by atoms with E-state index in [9.17, 15) is 5.11 Å². The van der Waals surface area contributed by atoms with Crippen molar-refractivity contribution in [3.8, 4) is 0 Å². The van der Waals surface area contributed by atoms with Gasteiger partial charge in [0.1, 0.15) is 5.60 Å². The van der Waals surface area contributed by atoms with Crippen LogP contribution in [0.4, 0.5) is 0 Å². The van der Waals surface area contributed by atoms with E-state index in [0.717, 1.165) is 21.7 Å². The van der Waals surface area contributed by atoms with Crippen molar-refractivity contribution in [1.82, 2.24) is 4.98 Å². The minimum Gasteiger partial charge on any atom is -0.384 e. The predicted octanol–water partition coefficient (Wildman–Crippen LogP) is 4.84. The first kappa shape index (κ1) is 16.7. The molecular weight excluding hydrogens is 314 g/mol. The second-order valence-electron chi connectivity index (χ2n) is 5.95. The van der Waals surface area contributed by atoms with Gasteiger partial charge in [-0.2, -0.15) is 0 Å². The van der Waals surface area contributed by atoms with Crippen molar-refractivity contribution < 1.29 is 5.11 Å². The Balaban J connectivity index is 2.18. The number of thioether (sulfide) groups is 1. The number of aliphatic hydroxyl groups is 1. The first-order valence-electron chi connectivity index (χ1n) is 7.96. The molecule has 1 aromatic heterocycles. The molecule has 0 aliphatic carbocycles. The Hall–Kier alpha value is -2.10. The molecule has 0 spiro atoms. The van der Waals surface area contributed by atoms with Gasteiger partial charge in [0, 0.05) is 11.1 Å². The summed E-state index contributed by atoms with van der Waals surface area (Å²) < 4.78 is 0. The Morgan fingerprint density at radius 1 is 0.917 bits per heavy atom. The standard InChI is InChI=1S/C21H21NOS/c1-21(23,17-12-6-7-14-19(17)24-2)20(16-10-4-3-5-11-16)18-13-8-9-15-22-18/h3-15,20,23H,1-2H3/t20-,21-/m1/s1. The van der Waals surface area contributed by atoms with Gasteiger partial charge in [0.15, 0.2) is 0 Å². The molecule has 2 aromatic carbocycles. The Kier molecular flexibility index (Phi) is 5.03. The highest BCUT2D eigenvalue weighted by Gasteiger charge is 2.38. The zero-order chi connectivity index (χ0) is 17.0. The summed E-state index contributed by atoms with van der Waals surface area (Å²) in [7, 11) is 0. The van der Waals surface area contributed by atoms with Crippen LogP contribution in [0.2, 0.25) is 0 Å². The van der Waals surface area contributed by atoms with Crippen LogP contribution in [0.5, 0.6) is 0 Å². The second kappa shape index (κ2) is 7.20. The van der Waals surface area contributed by atoms with Crippen LogP contribution in [-0.4, -0.2) is 16.3 Å². The zero-order valence-corrected chi connectivity index (χ0v) is 14.7. The first-order chi connectivity index (χ1) is 11.6. The van der Waals surface area contributed by atoms with E-state index in [1.54, 1.807) is 18.0 Å². The minimum atomic E-state index is -1.07. The maximum atomic E-state index is 11.6. The number of pyridine rings is 1. The third-order valence-corrected chi connectivity index (χ3v) is 5.13. The first-order valence-corrected chi connectivity index (χ1v) is 9.19. The van der Waals surface area contributed by atoms with Gasteiger partial charge < -0.3 is 5.11 Å². The molecule has 3 heteroatoms. The molecule has 3 rings (SSSR count). The van der Waals surface area contributed by atoms with Crippen molar-refractivity contribution >= 4 is 11.8 Å². The van der Waals surface area contributed by atoms with E-state index in [2.05, 4.69) is 23.2 Å². The zero-order valence-electron chi connectivity index (χ0n) is 13.9. The molecule has 24 heavy (non-hydrogen) atoms. The van der Waals surface area contributed by atoms with E-state index >= 15 is 0 Å². The van der Waals surface area contributed by atoms with Gasteiger partial charge in [-0.3, -0.25) is 4.98 Å². The minimum absolute atomic E-state index is 0.242. The molecule has 0 bridgehead atoms. The smallest absolute Gasteiger partial charge is 0.100 e. The van der Waals surface area contributed by atoms with Gasteiger partial charge >= 0.3 is 0 Å². The van der Waals surface area contributed by atoms with Crippen molar-refractivity contribution in [3.63, 3.8) is 0 Å². The number of nitrogens with zero attached hydrogens (tertiary/aromatic N) is 1. The number of hydrogen-bond acceptors (Lipinski definition) is 3. The second-order valence-corrected chi connectivity index (χ2v) is 6.79. The normalized spacial score (nSPS) is 14.8. The monoisotopic (exact) mass is 335 g/mol. The van der Waals surface area contributed by atoms with Gasteiger partial charge in [-0.25, -0.2) is 0 Å². The largest absolute Gasteiger partial charge is 0.384 e. The fourth-order valence-electron chi connectivity index (χ4n) is 3.19. The fraction of sp³-hybridized carbons (Fsp3) is 0.190. The Morgan fingerprint density at radius 2 is 1.58 bits per heavy atom. The molecule has 2 nitrogen and oxygen atoms in total. The highest BCUT2D eigenvalue weighted by atomic mass is 32.2. The van der Waals surface area contributed by atoms with Gasteiger partial charge in [-0.15, -0.1) is 11.8 Å². The molecule has 1 N–H and O–H groups in total. The van der Waals surface area contributed by atoms with Gasteiger partial charge in [0.05, 0.1) is 11.6 Å². The van der Waals surface area contributed by atoms with Crippen LogP contribution in [0.15, 0.2) is 83.9 Å². The molecule has 0 saturated heterocycles. The number of aromatic nitrogens is 1. The van der Waals surface area contributed by atoms with E-state index in [-0.39, 0.29) is 5.92 Å². The third kappa shape index (κ3) is 3.23. The molecule has 122 valence electrons. The van der Waals surface area contributed by atoms with Gasteiger partial charge in [-0.1, -0.05) is 54.6 Å². The van der Waals surface area contributed by atoms with Crippen molar-refractivity contribution in [2.24, 2.45) is 0 Å². The predicted molar refractivity (Wildman–Crippen MR) is 100 cm³/mol. The summed E-state index contributed by atoms with van der Waals surface area (Å²) in [6.45, 7) is 1.88. The third-order valence-electron chi connectivity index (χ3n) is 4.33. The molecule has 0 fully saturated rings. The fourth-order valence-corrected chi connectivity index (χ4v) is 3.90. The number of benzene rings is 2. The summed E-state index contributed by atoms with van der Waals surface area (Å²) in [5.41, 5.74) is 1.77. The summed E-state index contributed by atoms with van der Waals surface area (Å²) >= 11 is 1.65. The lowest BCUT2D eigenvalue weighted by molar-refractivity contribution is 0.0354. The lowest BCUT2D eigenvalue weighted by atomic mass is 9.76. The van der Waals surface area contributed by atoms with Crippen LogP contribution in [0, 0.1) is 0 Å². The summed E-state index contributed by atoms with van der Waals surface area (Å²) in [4.78, 5) is 5.62. The molecule has 0 unspecified atom stereocenters. The highest BCUT2D eigenvalue weighted by molar-refractivity contribution is 7.98. The van der Waals surface area contributed by atoms with Crippen molar-refractivity contribution in [1.29, 1.82) is 0 Å². The molecular formula is C21H21NOS. The van der Waals surface area contributed by atoms with Gasteiger partial charge in [0.2, 0.25) is 0 Å². The molecule has 0 saturated carbocycles. The highest BCUT2D eigenvalue weighted by Crippen LogP contribution is 2.43. The average molecular weight is 335 g/mol.